The summed E-state index contributed by atoms with van der Waals surface area (Å²) in [4.78, 5) is 14.1. The highest BCUT2D eigenvalue weighted by molar-refractivity contribution is 5.97. The van der Waals surface area contributed by atoms with Crippen LogP contribution in [-0.2, 0) is 12.7 Å². The molecule has 0 radical (unpaired) electrons. The molecule has 0 aliphatic carbocycles. The van der Waals surface area contributed by atoms with E-state index >= 15 is 0 Å². The molecule has 2 aromatic carbocycles. The van der Waals surface area contributed by atoms with Crippen LogP contribution >= 0.6 is 0 Å². The highest BCUT2D eigenvalue weighted by Gasteiger charge is 2.41. The van der Waals surface area contributed by atoms with Crippen molar-refractivity contribution in [2.45, 2.75) is 56.5 Å². The minimum Gasteiger partial charge on any atom is -0.366 e. The molecule has 4 nitrogen and oxygen atoms in total. The molecule has 2 fully saturated rings. The van der Waals surface area contributed by atoms with Crippen LogP contribution in [0.2, 0.25) is 0 Å². The smallest absolute Gasteiger partial charge is 0.366 e. The molecule has 5 rings (SSSR count). The number of aromatic nitrogens is 1. The number of carbonyl (C=O) groups is 1. The SMILES string of the molecule is NC(=O)c1ccc2ccn(C3C[C@H]4CC[C@@H](C3)N4Cc3ccc(C(F)(F)F)cc3)c2c1. The van der Waals surface area contributed by atoms with Crippen LogP contribution in [0.4, 0.5) is 13.2 Å². The van der Waals surface area contributed by atoms with E-state index in [9.17, 15) is 18.0 Å². The van der Waals surface area contributed by atoms with Gasteiger partial charge in [0.05, 0.1) is 5.56 Å². The van der Waals surface area contributed by atoms with Gasteiger partial charge in [-0.3, -0.25) is 9.69 Å². The molecule has 3 heterocycles. The van der Waals surface area contributed by atoms with Crippen LogP contribution in [0.1, 0.15) is 53.2 Å². The molecule has 2 aliphatic rings. The van der Waals surface area contributed by atoms with E-state index in [1.54, 1.807) is 18.2 Å². The van der Waals surface area contributed by atoms with Crippen molar-refractivity contribution in [2.75, 3.05) is 0 Å². The van der Waals surface area contributed by atoms with Crippen molar-refractivity contribution in [1.29, 1.82) is 0 Å². The monoisotopic (exact) mass is 427 g/mol. The van der Waals surface area contributed by atoms with E-state index < -0.39 is 17.6 Å². The maximum Gasteiger partial charge on any atom is 0.416 e. The molecular formula is C24H24F3N3O. The molecule has 2 saturated heterocycles. The quantitative estimate of drug-likeness (QED) is 0.628. The van der Waals surface area contributed by atoms with Gasteiger partial charge in [0.2, 0.25) is 5.91 Å². The predicted octanol–water partition coefficient (Wildman–Crippen LogP) is 5.13. The van der Waals surface area contributed by atoms with Crippen LogP contribution in [0.5, 0.6) is 0 Å². The van der Waals surface area contributed by atoms with E-state index in [4.69, 9.17) is 5.73 Å². The molecule has 31 heavy (non-hydrogen) atoms. The van der Waals surface area contributed by atoms with E-state index in [0.717, 1.165) is 42.1 Å². The first-order chi connectivity index (χ1) is 14.8. The number of halogens is 3. The Morgan fingerprint density at radius 1 is 0.968 bits per heavy atom. The zero-order valence-electron chi connectivity index (χ0n) is 17.0. The molecule has 0 spiro atoms. The van der Waals surface area contributed by atoms with Crippen molar-refractivity contribution >= 4 is 16.8 Å². The van der Waals surface area contributed by atoms with Gasteiger partial charge in [-0.25, -0.2) is 0 Å². The number of amides is 1. The first kappa shape index (κ1) is 20.1. The normalized spacial score (nSPS) is 24.0. The van der Waals surface area contributed by atoms with Crippen molar-refractivity contribution < 1.29 is 18.0 Å². The topological polar surface area (TPSA) is 51.3 Å². The Balaban J connectivity index is 1.34. The third kappa shape index (κ3) is 3.71. The third-order valence-electron chi connectivity index (χ3n) is 6.91. The second-order valence-electron chi connectivity index (χ2n) is 8.74. The van der Waals surface area contributed by atoms with E-state index in [1.165, 1.54) is 12.1 Å². The third-order valence-corrected chi connectivity index (χ3v) is 6.91. The Morgan fingerprint density at radius 3 is 2.26 bits per heavy atom. The maximum atomic E-state index is 12.8. The van der Waals surface area contributed by atoms with Crippen molar-refractivity contribution in [3.8, 4) is 0 Å². The molecule has 7 heteroatoms. The highest BCUT2D eigenvalue weighted by atomic mass is 19.4. The molecule has 1 amide bonds. The first-order valence-corrected chi connectivity index (χ1v) is 10.6. The fourth-order valence-corrected chi connectivity index (χ4v) is 5.36. The van der Waals surface area contributed by atoms with Crippen molar-refractivity contribution in [3.05, 3.63) is 71.4 Å². The number of benzene rings is 2. The van der Waals surface area contributed by atoms with Gasteiger partial charge in [-0.05, 0) is 67.0 Å². The first-order valence-electron chi connectivity index (χ1n) is 10.6. The van der Waals surface area contributed by atoms with Gasteiger partial charge >= 0.3 is 6.18 Å². The van der Waals surface area contributed by atoms with E-state index in [1.807, 2.05) is 12.1 Å². The predicted molar refractivity (Wildman–Crippen MR) is 113 cm³/mol. The second-order valence-corrected chi connectivity index (χ2v) is 8.74. The fourth-order valence-electron chi connectivity index (χ4n) is 5.36. The molecule has 0 saturated carbocycles. The van der Waals surface area contributed by atoms with Gasteiger partial charge in [0.25, 0.3) is 0 Å². The summed E-state index contributed by atoms with van der Waals surface area (Å²) in [6.45, 7) is 0.679. The molecular weight excluding hydrogens is 403 g/mol. The van der Waals surface area contributed by atoms with Crippen LogP contribution in [0.3, 0.4) is 0 Å². The summed E-state index contributed by atoms with van der Waals surface area (Å²) >= 11 is 0. The van der Waals surface area contributed by atoms with Gasteiger partial charge in [0.1, 0.15) is 0 Å². The molecule has 2 aliphatic heterocycles. The zero-order chi connectivity index (χ0) is 21.8. The minimum absolute atomic E-state index is 0.335. The van der Waals surface area contributed by atoms with Crippen LogP contribution in [0, 0.1) is 0 Å². The minimum atomic E-state index is -4.30. The van der Waals surface area contributed by atoms with Gasteiger partial charge in [0, 0.05) is 41.9 Å². The van der Waals surface area contributed by atoms with E-state index in [0.29, 0.717) is 30.2 Å². The molecule has 162 valence electrons. The van der Waals surface area contributed by atoms with Crippen molar-refractivity contribution in [2.24, 2.45) is 5.73 Å². The standard InChI is InChI=1S/C24H24F3N3O/c25-24(26,27)18-5-1-15(2-6-18)14-30-19-7-8-20(30)13-21(12-19)29-10-9-16-3-4-17(23(28)31)11-22(16)29/h1-6,9-11,19-21H,7-8,12-14H2,(H2,28,31)/t19-,20+,21?. The average Bonchev–Trinajstić information content (AvgIpc) is 3.24. The van der Waals surface area contributed by atoms with E-state index in [2.05, 4.69) is 21.7 Å². The average molecular weight is 427 g/mol. The number of hydrogen-bond acceptors (Lipinski definition) is 2. The lowest BCUT2D eigenvalue weighted by Gasteiger charge is -2.40. The number of alkyl halides is 3. The van der Waals surface area contributed by atoms with Crippen molar-refractivity contribution in [3.63, 3.8) is 0 Å². The lowest BCUT2D eigenvalue weighted by Crippen LogP contribution is -2.42. The number of nitrogens with zero attached hydrogens (tertiary/aromatic N) is 2. The van der Waals surface area contributed by atoms with Crippen molar-refractivity contribution in [1.82, 2.24) is 9.47 Å². The summed E-state index contributed by atoms with van der Waals surface area (Å²) in [6.07, 6.45) is 1.97. The van der Waals surface area contributed by atoms with Gasteiger partial charge < -0.3 is 10.3 Å². The molecule has 2 bridgehead atoms. The Bertz CT molecular complexity index is 1110. The summed E-state index contributed by atoms with van der Waals surface area (Å²) in [6, 6.07) is 14.3. The van der Waals surface area contributed by atoms with Gasteiger partial charge in [-0.1, -0.05) is 18.2 Å². The highest BCUT2D eigenvalue weighted by Crippen LogP contribution is 2.43. The molecule has 3 atom stereocenters. The molecule has 3 aromatic rings. The summed E-state index contributed by atoms with van der Waals surface area (Å²) in [5.74, 6) is -0.430. The molecule has 2 N–H and O–H groups in total. The number of hydrogen-bond donors (Lipinski definition) is 1. The second kappa shape index (κ2) is 7.41. The largest absolute Gasteiger partial charge is 0.416 e. The molecule has 1 aromatic heterocycles. The number of fused-ring (bicyclic) bond motifs is 3. The lowest BCUT2D eigenvalue weighted by atomic mass is 9.96. The molecule has 1 unspecified atom stereocenters. The number of carbonyl (C=O) groups excluding carboxylic acids is 1. The fraction of sp³-hybridized carbons (Fsp3) is 0.375. The summed E-state index contributed by atoms with van der Waals surface area (Å²) in [7, 11) is 0. The zero-order valence-corrected chi connectivity index (χ0v) is 17.0. The Labute approximate surface area is 178 Å². The number of rotatable bonds is 4. The van der Waals surface area contributed by atoms with Gasteiger partial charge in [-0.15, -0.1) is 0 Å². The Hall–Kier alpha value is -2.80. The lowest BCUT2D eigenvalue weighted by molar-refractivity contribution is -0.137. The maximum absolute atomic E-state index is 12.8. The summed E-state index contributed by atoms with van der Waals surface area (Å²) in [5, 5.41) is 1.09. The Morgan fingerprint density at radius 2 is 1.65 bits per heavy atom. The van der Waals surface area contributed by atoms with Crippen LogP contribution in [0.15, 0.2) is 54.7 Å². The van der Waals surface area contributed by atoms with Crippen LogP contribution < -0.4 is 5.73 Å². The summed E-state index contributed by atoms with van der Waals surface area (Å²) in [5.41, 5.74) is 7.31. The van der Waals surface area contributed by atoms with Crippen LogP contribution in [0.25, 0.3) is 10.9 Å². The number of primary amides is 1. The van der Waals surface area contributed by atoms with Crippen LogP contribution in [-0.4, -0.2) is 27.5 Å². The van der Waals surface area contributed by atoms with Gasteiger partial charge in [-0.2, -0.15) is 13.2 Å². The Kier molecular flexibility index (Phi) is 4.81. The number of piperidine rings is 1. The van der Waals surface area contributed by atoms with Gasteiger partial charge in [0.15, 0.2) is 0 Å². The summed E-state index contributed by atoms with van der Waals surface area (Å²) < 4.78 is 40.8. The van der Waals surface area contributed by atoms with E-state index in [-0.39, 0.29) is 0 Å². The number of nitrogens with two attached hydrogens (primary N) is 1.